The summed E-state index contributed by atoms with van der Waals surface area (Å²) in [5.41, 5.74) is 2.40. The summed E-state index contributed by atoms with van der Waals surface area (Å²) in [6, 6.07) is 24.1. The number of carbonyl (C=O) groups excluding carboxylic acids is 3. The molecule has 41 heavy (non-hydrogen) atoms. The third kappa shape index (κ3) is 3.43. The molecule has 202 valence electrons. The minimum absolute atomic E-state index is 0.221. The minimum atomic E-state index is -1.62. The average Bonchev–Trinajstić information content (AvgIpc) is 3.43. The largest absolute Gasteiger partial charge is 0.497 e. The molecule has 5 nitrogen and oxygen atoms in total. The summed E-state index contributed by atoms with van der Waals surface area (Å²) in [5.74, 6) is -1.55. The number of benzene rings is 4. The number of fused-ring (bicyclic) bond motifs is 5. The summed E-state index contributed by atoms with van der Waals surface area (Å²) in [6.07, 6.45) is 3.55. The summed E-state index contributed by atoms with van der Waals surface area (Å²) in [5, 5.41) is 0. The van der Waals surface area contributed by atoms with Gasteiger partial charge in [-0.3, -0.25) is 14.4 Å². The van der Waals surface area contributed by atoms with Crippen LogP contribution in [0.25, 0.3) is 6.08 Å². The Morgan fingerprint density at radius 2 is 1.59 bits per heavy atom. The van der Waals surface area contributed by atoms with Gasteiger partial charge in [-0.2, -0.15) is 0 Å². The van der Waals surface area contributed by atoms with E-state index in [-0.39, 0.29) is 17.3 Å². The van der Waals surface area contributed by atoms with Crippen molar-refractivity contribution in [2.45, 2.75) is 24.9 Å². The van der Waals surface area contributed by atoms with Crippen LogP contribution < -0.4 is 9.64 Å². The molecule has 1 spiro atoms. The Kier molecular flexibility index (Phi) is 5.58. The Labute approximate surface area is 236 Å². The molecule has 1 saturated heterocycles. The van der Waals surface area contributed by atoms with Gasteiger partial charge in [0, 0.05) is 33.9 Å². The van der Waals surface area contributed by atoms with Crippen LogP contribution in [0.4, 0.5) is 10.1 Å². The molecule has 3 atom stereocenters. The lowest BCUT2D eigenvalue weighted by Crippen LogP contribution is -2.48. The van der Waals surface area contributed by atoms with Crippen LogP contribution in [0.2, 0.25) is 0 Å². The van der Waals surface area contributed by atoms with Crippen molar-refractivity contribution in [3.05, 3.63) is 136 Å². The SMILES string of the molecule is COc1cccc([C@@H]2[C@H](C(=O)c3ccc(C)cc3)N3c4ccc(F)cc4C=C[C@H]3C23C(=O)c2ccccc2C3=O)c1. The third-order valence-corrected chi connectivity index (χ3v) is 8.82. The number of Topliss-reactive ketones (excluding diaryl/α,β-unsaturated/α-hetero) is 3. The number of aryl methyl sites for hydroxylation is 1. The van der Waals surface area contributed by atoms with Crippen LogP contribution >= 0.6 is 0 Å². The number of methoxy groups -OCH3 is 1. The zero-order chi connectivity index (χ0) is 28.5. The number of ether oxygens (including phenoxy) is 1. The molecule has 0 radical (unpaired) electrons. The van der Waals surface area contributed by atoms with E-state index in [4.69, 9.17) is 4.74 Å². The number of hydrogen-bond acceptors (Lipinski definition) is 5. The maximum atomic E-state index is 14.7. The molecule has 7 rings (SSSR count). The molecule has 0 N–H and O–H groups in total. The number of halogens is 1. The maximum Gasteiger partial charge on any atom is 0.185 e. The van der Waals surface area contributed by atoms with Crippen molar-refractivity contribution in [2.75, 3.05) is 12.0 Å². The van der Waals surface area contributed by atoms with Crippen molar-refractivity contribution in [1.29, 1.82) is 0 Å². The molecule has 0 saturated carbocycles. The first-order valence-electron chi connectivity index (χ1n) is 13.6. The lowest BCUT2D eigenvalue weighted by molar-refractivity contribution is 0.0665. The zero-order valence-electron chi connectivity index (χ0n) is 22.5. The van der Waals surface area contributed by atoms with Gasteiger partial charge >= 0.3 is 0 Å². The first-order chi connectivity index (χ1) is 19.9. The molecular weight excluding hydrogens is 517 g/mol. The van der Waals surface area contributed by atoms with Gasteiger partial charge in [0.25, 0.3) is 0 Å². The van der Waals surface area contributed by atoms with E-state index in [0.29, 0.717) is 39.3 Å². The fourth-order valence-electron chi connectivity index (χ4n) is 7.04. The van der Waals surface area contributed by atoms with E-state index in [1.54, 1.807) is 73.9 Å². The van der Waals surface area contributed by atoms with Crippen LogP contribution in [0, 0.1) is 18.2 Å². The van der Waals surface area contributed by atoms with Crippen LogP contribution in [0.1, 0.15) is 53.7 Å². The lowest BCUT2D eigenvalue weighted by atomic mass is 9.64. The van der Waals surface area contributed by atoms with Gasteiger partial charge in [-0.15, -0.1) is 0 Å². The first kappa shape index (κ1) is 25.1. The van der Waals surface area contributed by atoms with Gasteiger partial charge in [0.2, 0.25) is 0 Å². The zero-order valence-corrected chi connectivity index (χ0v) is 22.5. The fourth-order valence-corrected chi connectivity index (χ4v) is 7.04. The summed E-state index contributed by atoms with van der Waals surface area (Å²) in [7, 11) is 1.55. The molecule has 1 aliphatic carbocycles. The van der Waals surface area contributed by atoms with Gasteiger partial charge in [0.1, 0.15) is 23.0 Å². The van der Waals surface area contributed by atoms with E-state index >= 15 is 0 Å². The predicted molar refractivity (Wildman–Crippen MR) is 154 cm³/mol. The number of anilines is 1. The van der Waals surface area contributed by atoms with E-state index in [2.05, 4.69) is 0 Å². The number of nitrogens with zero attached hydrogens (tertiary/aromatic N) is 1. The Balaban J connectivity index is 1.55. The van der Waals surface area contributed by atoms with E-state index in [1.807, 2.05) is 36.1 Å². The van der Waals surface area contributed by atoms with Crippen LogP contribution in [0.3, 0.4) is 0 Å². The standard InChI is InChI=1S/C35H26FNO4/c1-20-10-12-21(13-11-20)32(38)31-30(23-6-5-7-25(19-23)41-2)35(33(39)26-8-3-4-9-27(26)34(35)40)29-17-14-22-18-24(36)15-16-28(22)37(29)31/h3-19,29-31H,1-2H3/t29-,30+,31+/m0/s1. The molecular formula is C35H26FNO4. The van der Waals surface area contributed by atoms with Crippen molar-refractivity contribution >= 4 is 29.1 Å². The Bertz CT molecular complexity index is 1760. The van der Waals surface area contributed by atoms with Gasteiger partial charge in [0.05, 0.1) is 13.2 Å². The molecule has 0 unspecified atom stereocenters. The molecule has 6 heteroatoms. The van der Waals surface area contributed by atoms with Gasteiger partial charge in [-0.1, -0.05) is 78.4 Å². The Morgan fingerprint density at radius 3 is 2.27 bits per heavy atom. The van der Waals surface area contributed by atoms with E-state index in [0.717, 1.165) is 5.56 Å². The fraction of sp³-hybridized carbons (Fsp3) is 0.171. The molecule has 4 aromatic carbocycles. The molecule has 0 aromatic heterocycles. The molecule has 1 fully saturated rings. The summed E-state index contributed by atoms with van der Waals surface area (Å²) >= 11 is 0. The van der Waals surface area contributed by atoms with Crippen LogP contribution in [-0.4, -0.2) is 36.5 Å². The van der Waals surface area contributed by atoms with Crippen molar-refractivity contribution in [3.63, 3.8) is 0 Å². The Hall–Kier alpha value is -4.84. The van der Waals surface area contributed by atoms with Crippen LogP contribution in [-0.2, 0) is 0 Å². The molecule has 2 aliphatic heterocycles. The Morgan fingerprint density at radius 1 is 0.878 bits per heavy atom. The summed E-state index contributed by atoms with van der Waals surface area (Å²) < 4.78 is 19.9. The van der Waals surface area contributed by atoms with Gasteiger partial charge in [0.15, 0.2) is 17.3 Å². The summed E-state index contributed by atoms with van der Waals surface area (Å²) in [4.78, 5) is 45.8. The van der Waals surface area contributed by atoms with Crippen molar-refractivity contribution in [3.8, 4) is 5.75 Å². The predicted octanol–water partition coefficient (Wildman–Crippen LogP) is 6.46. The third-order valence-electron chi connectivity index (χ3n) is 8.82. The molecule has 4 aromatic rings. The molecule has 0 amide bonds. The van der Waals surface area contributed by atoms with E-state index < -0.39 is 29.2 Å². The highest BCUT2D eigenvalue weighted by atomic mass is 19.1. The molecule has 0 bridgehead atoms. The van der Waals surface area contributed by atoms with E-state index in [1.165, 1.54) is 12.1 Å². The van der Waals surface area contributed by atoms with Crippen molar-refractivity contribution in [2.24, 2.45) is 5.41 Å². The second-order valence-corrected chi connectivity index (χ2v) is 10.9. The number of hydrogen-bond donors (Lipinski definition) is 0. The monoisotopic (exact) mass is 543 g/mol. The normalized spacial score (nSPS) is 21.5. The van der Waals surface area contributed by atoms with Crippen LogP contribution in [0.5, 0.6) is 5.75 Å². The highest BCUT2D eigenvalue weighted by Gasteiger charge is 2.71. The minimum Gasteiger partial charge on any atom is -0.497 e. The van der Waals surface area contributed by atoms with Crippen molar-refractivity contribution in [1.82, 2.24) is 0 Å². The number of rotatable bonds is 4. The number of carbonyl (C=O) groups is 3. The lowest BCUT2D eigenvalue weighted by Gasteiger charge is -2.37. The van der Waals surface area contributed by atoms with E-state index in [9.17, 15) is 18.8 Å². The smallest absolute Gasteiger partial charge is 0.185 e. The first-order valence-corrected chi connectivity index (χ1v) is 13.6. The van der Waals surface area contributed by atoms with Crippen LogP contribution in [0.15, 0.2) is 97.1 Å². The quantitative estimate of drug-likeness (QED) is 0.218. The molecule has 2 heterocycles. The maximum absolute atomic E-state index is 14.7. The average molecular weight is 544 g/mol. The highest BCUT2D eigenvalue weighted by Crippen LogP contribution is 2.61. The number of ketones is 3. The second kappa shape index (κ2) is 9.10. The highest BCUT2D eigenvalue weighted by molar-refractivity contribution is 6.32. The van der Waals surface area contributed by atoms with Gasteiger partial charge < -0.3 is 9.64 Å². The van der Waals surface area contributed by atoms with Gasteiger partial charge in [-0.25, -0.2) is 4.39 Å². The van der Waals surface area contributed by atoms with Gasteiger partial charge in [-0.05, 0) is 42.8 Å². The van der Waals surface area contributed by atoms with Crippen molar-refractivity contribution < 1.29 is 23.5 Å². The topological polar surface area (TPSA) is 63.7 Å². The molecule has 3 aliphatic rings. The second-order valence-electron chi connectivity index (χ2n) is 10.9. The summed E-state index contributed by atoms with van der Waals surface area (Å²) in [6.45, 7) is 1.95.